The van der Waals surface area contributed by atoms with E-state index in [-0.39, 0.29) is 24.5 Å². The van der Waals surface area contributed by atoms with Crippen molar-refractivity contribution in [2.75, 3.05) is 6.61 Å². The van der Waals surface area contributed by atoms with Gasteiger partial charge in [-0.05, 0) is 48.9 Å². The first-order chi connectivity index (χ1) is 15.8. The SMILES string of the molecule is CC(C)(NC(=O)C1CC=CC(NC(=O)OCC2c3ccccc3-c3ccccc32)C1)C(=O)O. The lowest BCUT2D eigenvalue weighted by molar-refractivity contribution is -0.146. The van der Waals surface area contributed by atoms with Gasteiger partial charge in [0.05, 0.1) is 6.04 Å². The molecule has 2 aromatic rings. The minimum absolute atomic E-state index is 0.0261. The van der Waals surface area contributed by atoms with Crippen LogP contribution in [0.4, 0.5) is 4.79 Å². The molecule has 0 spiro atoms. The van der Waals surface area contributed by atoms with Gasteiger partial charge in [0.25, 0.3) is 0 Å². The number of hydrogen-bond donors (Lipinski definition) is 3. The van der Waals surface area contributed by atoms with Gasteiger partial charge in [0.1, 0.15) is 12.1 Å². The Kier molecular flexibility index (Phi) is 6.22. The molecule has 0 aromatic heterocycles. The predicted molar refractivity (Wildman–Crippen MR) is 124 cm³/mol. The first-order valence-corrected chi connectivity index (χ1v) is 11.1. The second-order valence-corrected chi connectivity index (χ2v) is 9.09. The molecule has 0 saturated carbocycles. The quantitative estimate of drug-likeness (QED) is 0.583. The van der Waals surface area contributed by atoms with E-state index in [1.54, 1.807) is 0 Å². The Bertz CT molecular complexity index is 1060. The molecule has 0 heterocycles. The maximum absolute atomic E-state index is 12.5. The topological polar surface area (TPSA) is 105 Å². The number of fused-ring (bicyclic) bond motifs is 3. The summed E-state index contributed by atoms with van der Waals surface area (Å²) in [6.45, 7) is 3.10. The van der Waals surface area contributed by atoms with Gasteiger partial charge in [-0.15, -0.1) is 0 Å². The number of alkyl carbamates (subject to hydrolysis) is 1. The van der Waals surface area contributed by atoms with Crippen molar-refractivity contribution in [1.29, 1.82) is 0 Å². The smallest absolute Gasteiger partial charge is 0.407 e. The number of allylic oxidation sites excluding steroid dienone is 1. The van der Waals surface area contributed by atoms with E-state index in [2.05, 4.69) is 34.9 Å². The number of hydrogen-bond acceptors (Lipinski definition) is 4. The van der Waals surface area contributed by atoms with Gasteiger partial charge in [0.2, 0.25) is 5.91 Å². The van der Waals surface area contributed by atoms with Gasteiger partial charge in [-0.3, -0.25) is 4.79 Å². The summed E-state index contributed by atoms with van der Waals surface area (Å²) >= 11 is 0. The number of aliphatic carboxylic acids is 1. The van der Waals surface area contributed by atoms with Crippen LogP contribution in [0, 0.1) is 5.92 Å². The van der Waals surface area contributed by atoms with Crippen LogP contribution in [0.25, 0.3) is 11.1 Å². The number of amides is 2. The molecule has 7 heteroatoms. The fourth-order valence-electron chi connectivity index (χ4n) is 4.46. The van der Waals surface area contributed by atoms with Crippen molar-refractivity contribution in [2.45, 2.75) is 44.2 Å². The molecule has 2 unspecified atom stereocenters. The van der Waals surface area contributed by atoms with E-state index in [9.17, 15) is 19.5 Å². The highest BCUT2D eigenvalue weighted by atomic mass is 16.5. The van der Waals surface area contributed by atoms with Crippen LogP contribution in [0.5, 0.6) is 0 Å². The van der Waals surface area contributed by atoms with Crippen LogP contribution in [0.3, 0.4) is 0 Å². The summed E-state index contributed by atoms with van der Waals surface area (Å²) in [5, 5.41) is 14.6. The summed E-state index contributed by atoms with van der Waals surface area (Å²) in [5.74, 6) is -1.89. The Morgan fingerprint density at radius 3 is 2.24 bits per heavy atom. The highest BCUT2D eigenvalue weighted by Crippen LogP contribution is 2.44. The normalized spacial score (nSPS) is 19.3. The molecule has 3 N–H and O–H groups in total. The minimum Gasteiger partial charge on any atom is -0.480 e. The Morgan fingerprint density at radius 2 is 1.64 bits per heavy atom. The second kappa shape index (κ2) is 9.10. The van der Waals surface area contributed by atoms with E-state index in [0.717, 1.165) is 22.3 Å². The van der Waals surface area contributed by atoms with Crippen molar-refractivity contribution >= 4 is 18.0 Å². The molecule has 2 amide bonds. The van der Waals surface area contributed by atoms with Crippen molar-refractivity contribution in [3.63, 3.8) is 0 Å². The van der Waals surface area contributed by atoms with Crippen molar-refractivity contribution in [3.05, 3.63) is 71.8 Å². The molecule has 33 heavy (non-hydrogen) atoms. The first kappa shape index (κ1) is 22.6. The lowest BCUT2D eigenvalue weighted by Crippen LogP contribution is -2.52. The molecule has 172 valence electrons. The summed E-state index contributed by atoms with van der Waals surface area (Å²) in [6, 6.07) is 15.9. The number of carboxylic acid groups (broad SMARTS) is 1. The molecular weight excluding hydrogens is 420 g/mol. The monoisotopic (exact) mass is 448 g/mol. The van der Waals surface area contributed by atoms with Crippen molar-refractivity contribution < 1.29 is 24.2 Å². The van der Waals surface area contributed by atoms with Gasteiger partial charge in [0, 0.05) is 11.8 Å². The molecule has 2 aliphatic carbocycles. The molecule has 2 aromatic carbocycles. The van der Waals surface area contributed by atoms with Crippen LogP contribution in [0.15, 0.2) is 60.7 Å². The summed E-state index contributed by atoms with van der Waals surface area (Å²) in [6.07, 6.45) is 3.99. The average Bonchev–Trinajstić information content (AvgIpc) is 3.11. The summed E-state index contributed by atoms with van der Waals surface area (Å²) in [4.78, 5) is 36.4. The molecule has 0 saturated heterocycles. The molecule has 0 radical (unpaired) electrons. The molecular formula is C26H28N2O5. The zero-order valence-corrected chi connectivity index (χ0v) is 18.7. The summed E-state index contributed by atoms with van der Waals surface area (Å²) in [5.41, 5.74) is 3.25. The maximum Gasteiger partial charge on any atom is 0.407 e. The number of carbonyl (C=O) groups is 3. The average molecular weight is 449 g/mol. The van der Waals surface area contributed by atoms with Gasteiger partial charge in [-0.1, -0.05) is 60.7 Å². The van der Waals surface area contributed by atoms with E-state index >= 15 is 0 Å². The number of ether oxygens (including phenoxy) is 1. The zero-order valence-electron chi connectivity index (χ0n) is 18.7. The van der Waals surface area contributed by atoms with Gasteiger partial charge in [-0.25, -0.2) is 9.59 Å². The van der Waals surface area contributed by atoms with Crippen molar-refractivity contribution in [3.8, 4) is 11.1 Å². The zero-order chi connectivity index (χ0) is 23.6. The highest BCUT2D eigenvalue weighted by Gasteiger charge is 2.34. The van der Waals surface area contributed by atoms with E-state index in [1.165, 1.54) is 13.8 Å². The third-order valence-corrected chi connectivity index (χ3v) is 6.32. The molecule has 7 nitrogen and oxygen atoms in total. The van der Waals surface area contributed by atoms with Crippen LogP contribution in [-0.4, -0.2) is 41.3 Å². The Labute approximate surface area is 192 Å². The Hall–Kier alpha value is -3.61. The second-order valence-electron chi connectivity index (χ2n) is 9.09. The van der Waals surface area contributed by atoms with Gasteiger partial charge in [-0.2, -0.15) is 0 Å². The van der Waals surface area contributed by atoms with Crippen molar-refractivity contribution in [2.24, 2.45) is 5.92 Å². The number of carboxylic acids is 1. The molecule has 2 atom stereocenters. The molecule has 2 aliphatic rings. The summed E-state index contributed by atoms with van der Waals surface area (Å²) < 4.78 is 5.59. The van der Waals surface area contributed by atoms with Gasteiger partial charge >= 0.3 is 12.1 Å². The Balaban J connectivity index is 1.34. The molecule has 0 bridgehead atoms. The van der Waals surface area contributed by atoms with Crippen LogP contribution in [0.2, 0.25) is 0 Å². The van der Waals surface area contributed by atoms with Crippen LogP contribution in [-0.2, 0) is 14.3 Å². The van der Waals surface area contributed by atoms with E-state index in [4.69, 9.17) is 4.74 Å². The maximum atomic E-state index is 12.5. The predicted octanol–water partition coefficient (Wildman–Crippen LogP) is 3.84. The highest BCUT2D eigenvalue weighted by molar-refractivity contribution is 5.87. The number of rotatable bonds is 6. The first-order valence-electron chi connectivity index (χ1n) is 11.1. The number of nitrogens with one attached hydrogen (secondary N) is 2. The van der Waals surface area contributed by atoms with Gasteiger partial charge < -0.3 is 20.5 Å². The third-order valence-electron chi connectivity index (χ3n) is 6.32. The minimum atomic E-state index is -1.35. The van der Waals surface area contributed by atoms with Crippen LogP contribution in [0.1, 0.15) is 43.7 Å². The standard InChI is InChI=1S/C26H28N2O5/c1-26(2,24(30)31)28-23(29)16-8-7-9-17(14-16)27-25(32)33-15-22-20-12-5-3-10-18(20)19-11-4-6-13-21(19)22/h3-7,9-13,16-17,22H,8,14-15H2,1-2H3,(H,27,32)(H,28,29)(H,30,31). The largest absolute Gasteiger partial charge is 0.480 e. The lowest BCUT2D eigenvalue weighted by atomic mass is 9.89. The summed E-state index contributed by atoms with van der Waals surface area (Å²) in [7, 11) is 0. The van der Waals surface area contributed by atoms with Gasteiger partial charge in [0.15, 0.2) is 0 Å². The van der Waals surface area contributed by atoms with E-state index < -0.39 is 23.5 Å². The van der Waals surface area contributed by atoms with E-state index in [0.29, 0.717) is 12.8 Å². The lowest BCUT2D eigenvalue weighted by Gasteiger charge is -2.28. The molecule has 0 aliphatic heterocycles. The fourth-order valence-corrected chi connectivity index (χ4v) is 4.46. The Morgan fingerprint density at radius 1 is 1.03 bits per heavy atom. The third kappa shape index (κ3) is 4.77. The van der Waals surface area contributed by atoms with Crippen molar-refractivity contribution in [1.82, 2.24) is 10.6 Å². The fraction of sp³-hybridized carbons (Fsp3) is 0.346. The van der Waals surface area contributed by atoms with E-state index in [1.807, 2.05) is 36.4 Å². The number of carbonyl (C=O) groups excluding carboxylic acids is 2. The van der Waals surface area contributed by atoms with Crippen LogP contribution >= 0.6 is 0 Å². The molecule has 4 rings (SSSR count). The molecule has 0 fully saturated rings. The van der Waals surface area contributed by atoms with Crippen LogP contribution < -0.4 is 10.6 Å². The number of benzene rings is 2.